The highest BCUT2D eigenvalue weighted by Gasteiger charge is 2.32. The fraction of sp³-hybridized carbons (Fsp3) is 0.120. The van der Waals surface area contributed by atoms with E-state index in [9.17, 15) is 4.79 Å². The molecule has 5 rings (SSSR count). The van der Waals surface area contributed by atoms with E-state index in [1.807, 2.05) is 77.4 Å². The van der Waals surface area contributed by atoms with E-state index in [-0.39, 0.29) is 11.6 Å². The topological polar surface area (TPSA) is 69.5 Å². The van der Waals surface area contributed by atoms with Crippen molar-refractivity contribution >= 4 is 18.0 Å². The third kappa shape index (κ3) is 3.59. The zero-order valence-corrected chi connectivity index (χ0v) is 18.9. The number of nitrogens with zero attached hydrogens (tertiary/aromatic N) is 2. The molecule has 0 bridgehead atoms. The Labute approximate surface area is 195 Å². The van der Waals surface area contributed by atoms with Crippen LogP contribution in [-0.2, 0) is 0 Å². The van der Waals surface area contributed by atoms with E-state index in [1.54, 1.807) is 24.9 Å². The SMILES string of the molecule is COc1cccc(-n2c3c(c(=O)n(-c4cccc(OC)c4)c2=S)C(c2ccccc2)NN3)c1. The smallest absolute Gasteiger partial charge is 0.266 e. The summed E-state index contributed by atoms with van der Waals surface area (Å²) in [5.74, 6) is 1.93. The first-order valence-corrected chi connectivity index (χ1v) is 10.8. The van der Waals surface area contributed by atoms with Crippen molar-refractivity contribution in [1.29, 1.82) is 0 Å². The summed E-state index contributed by atoms with van der Waals surface area (Å²) in [6.07, 6.45) is 0. The Kier molecular flexibility index (Phi) is 5.45. The third-order valence-electron chi connectivity index (χ3n) is 5.67. The van der Waals surface area contributed by atoms with Crippen molar-refractivity contribution in [2.45, 2.75) is 6.04 Å². The van der Waals surface area contributed by atoms with Crippen LogP contribution in [0.5, 0.6) is 11.5 Å². The van der Waals surface area contributed by atoms with Crippen LogP contribution in [0.25, 0.3) is 11.4 Å². The highest BCUT2D eigenvalue weighted by molar-refractivity contribution is 7.71. The number of nitrogens with one attached hydrogen (secondary N) is 2. The second kappa shape index (κ2) is 8.57. The quantitative estimate of drug-likeness (QED) is 0.432. The normalized spacial score (nSPS) is 14.4. The molecular formula is C25H22N4O3S. The van der Waals surface area contributed by atoms with E-state index in [1.165, 1.54) is 0 Å². The van der Waals surface area contributed by atoms with Gasteiger partial charge in [-0.2, -0.15) is 0 Å². The van der Waals surface area contributed by atoms with Crippen molar-refractivity contribution < 1.29 is 9.47 Å². The summed E-state index contributed by atoms with van der Waals surface area (Å²) < 4.78 is 14.5. The Morgan fingerprint density at radius 3 is 2.03 bits per heavy atom. The molecule has 8 heteroatoms. The Hall–Kier alpha value is -3.88. The fourth-order valence-electron chi connectivity index (χ4n) is 4.08. The minimum absolute atomic E-state index is 0.200. The number of rotatable bonds is 5. The van der Waals surface area contributed by atoms with Gasteiger partial charge in [0.15, 0.2) is 4.77 Å². The molecule has 7 nitrogen and oxygen atoms in total. The molecule has 2 heterocycles. The number of hydrogen-bond donors (Lipinski definition) is 2. The molecule has 0 saturated heterocycles. The van der Waals surface area contributed by atoms with Gasteiger partial charge in [0.25, 0.3) is 5.56 Å². The lowest BCUT2D eigenvalue weighted by Gasteiger charge is -2.18. The molecule has 0 spiro atoms. The van der Waals surface area contributed by atoms with Crippen LogP contribution >= 0.6 is 12.2 Å². The van der Waals surface area contributed by atoms with Gasteiger partial charge in [0.2, 0.25) is 0 Å². The number of ether oxygens (including phenoxy) is 2. The monoisotopic (exact) mass is 458 g/mol. The van der Waals surface area contributed by atoms with E-state index in [0.717, 1.165) is 11.3 Å². The van der Waals surface area contributed by atoms with E-state index in [4.69, 9.17) is 21.7 Å². The van der Waals surface area contributed by atoms with Crippen LogP contribution in [-0.4, -0.2) is 23.4 Å². The van der Waals surface area contributed by atoms with Crippen molar-refractivity contribution in [3.8, 4) is 22.9 Å². The zero-order chi connectivity index (χ0) is 22.9. The first-order chi connectivity index (χ1) is 16.1. The van der Waals surface area contributed by atoms with E-state index < -0.39 is 0 Å². The van der Waals surface area contributed by atoms with Crippen molar-refractivity contribution in [2.24, 2.45) is 0 Å². The lowest BCUT2D eigenvalue weighted by molar-refractivity contribution is 0.414. The van der Waals surface area contributed by atoms with Gasteiger partial charge < -0.3 is 14.9 Å². The van der Waals surface area contributed by atoms with Gasteiger partial charge in [-0.25, -0.2) is 5.43 Å². The summed E-state index contributed by atoms with van der Waals surface area (Å²) in [6.45, 7) is 0. The molecule has 0 radical (unpaired) electrons. The predicted molar refractivity (Wildman–Crippen MR) is 130 cm³/mol. The average Bonchev–Trinajstić information content (AvgIpc) is 3.30. The summed E-state index contributed by atoms with van der Waals surface area (Å²) in [6, 6.07) is 24.3. The Morgan fingerprint density at radius 2 is 1.42 bits per heavy atom. The standard InChI is InChI=1S/C25H22N4O3S/c1-31-19-12-6-10-17(14-19)28-23-21(22(26-27-23)16-8-4-3-5-9-16)24(30)29(25(28)33)18-11-7-13-20(15-18)32-2/h3-15,22,26-27H,1-2H3. The van der Waals surface area contributed by atoms with Crippen LogP contribution < -0.4 is 25.9 Å². The second-order valence-corrected chi connectivity index (χ2v) is 7.90. The molecule has 3 aromatic carbocycles. The van der Waals surface area contributed by atoms with Crippen LogP contribution in [0.2, 0.25) is 0 Å². The van der Waals surface area contributed by atoms with Crippen LogP contribution in [0.4, 0.5) is 5.82 Å². The number of benzene rings is 3. The molecule has 0 aliphatic carbocycles. The van der Waals surface area contributed by atoms with Gasteiger partial charge in [0, 0.05) is 12.1 Å². The maximum atomic E-state index is 13.9. The van der Waals surface area contributed by atoms with Gasteiger partial charge >= 0.3 is 0 Å². The highest BCUT2D eigenvalue weighted by Crippen LogP contribution is 2.34. The summed E-state index contributed by atoms with van der Waals surface area (Å²) in [5, 5.41) is 0. The molecule has 33 heavy (non-hydrogen) atoms. The number of aromatic nitrogens is 2. The Balaban J connectivity index is 1.84. The zero-order valence-electron chi connectivity index (χ0n) is 18.1. The number of hydrogen-bond acceptors (Lipinski definition) is 6. The lowest BCUT2D eigenvalue weighted by atomic mass is 10.0. The second-order valence-electron chi connectivity index (χ2n) is 7.54. The van der Waals surface area contributed by atoms with Crippen LogP contribution in [0.15, 0.2) is 83.7 Å². The fourth-order valence-corrected chi connectivity index (χ4v) is 4.47. The first kappa shape index (κ1) is 21.0. The maximum absolute atomic E-state index is 13.9. The summed E-state index contributed by atoms with van der Waals surface area (Å²) in [4.78, 5) is 13.9. The maximum Gasteiger partial charge on any atom is 0.266 e. The van der Waals surface area contributed by atoms with E-state index >= 15 is 0 Å². The third-order valence-corrected chi connectivity index (χ3v) is 6.04. The van der Waals surface area contributed by atoms with Gasteiger partial charge in [-0.1, -0.05) is 42.5 Å². The number of methoxy groups -OCH3 is 2. The van der Waals surface area contributed by atoms with Crippen molar-refractivity contribution in [2.75, 3.05) is 19.6 Å². The lowest BCUT2D eigenvalue weighted by Crippen LogP contribution is -2.28. The molecule has 1 unspecified atom stereocenters. The molecule has 2 N–H and O–H groups in total. The number of hydrazine groups is 1. The number of fused-ring (bicyclic) bond motifs is 1. The molecule has 0 fully saturated rings. The Morgan fingerprint density at radius 1 is 0.818 bits per heavy atom. The van der Waals surface area contributed by atoms with Crippen molar-refractivity contribution in [3.05, 3.63) is 105 Å². The predicted octanol–water partition coefficient (Wildman–Crippen LogP) is 4.39. The first-order valence-electron chi connectivity index (χ1n) is 10.4. The van der Waals surface area contributed by atoms with E-state index in [2.05, 4.69) is 10.9 Å². The molecule has 166 valence electrons. The van der Waals surface area contributed by atoms with Gasteiger partial charge in [-0.05, 0) is 42.0 Å². The average molecular weight is 459 g/mol. The molecule has 1 aromatic heterocycles. The Bertz CT molecular complexity index is 1450. The van der Waals surface area contributed by atoms with Gasteiger partial charge in [-0.3, -0.25) is 13.9 Å². The molecule has 0 amide bonds. The van der Waals surface area contributed by atoms with Crippen LogP contribution in [0.3, 0.4) is 0 Å². The summed E-state index contributed by atoms with van der Waals surface area (Å²) in [5.41, 5.74) is 9.20. The van der Waals surface area contributed by atoms with Gasteiger partial charge in [0.1, 0.15) is 17.3 Å². The summed E-state index contributed by atoms with van der Waals surface area (Å²) in [7, 11) is 3.21. The minimum atomic E-state index is -0.349. The van der Waals surface area contributed by atoms with Crippen molar-refractivity contribution in [3.63, 3.8) is 0 Å². The minimum Gasteiger partial charge on any atom is -0.497 e. The summed E-state index contributed by atoms with van der Waals surface area (Å²) >= 11 is 5.88. The van der Waals surface area contributed by atoms with Crippen LogP contribution in [0.1, 0.15) is 17.2 Å². The van der Waals surface area contributed by atoms with E-state index in [0.29, 0.717) is 33.3 Å². The molecule has 1 aliphatic heterocycles. The number of anilines is 1. The largest absolute Gasteiger partial charge is 0.497 e. The van der Waals surface area contributed by atoms with Gasteiger partial charge in [0.05, 0.1) is 37.2 Å². The molecule has 4 aromatic rings. The highest BCUT2D eigenvalue weighted by atomic mass is 32.1. The van der Waals surface area contributed by atoms with Gasteiger partial charge in [-0.15, -0.1) is 0 Å². The molecule has 1 aliphatic rings. The van der Waals surface area contributed by atoms with Crippen molar-refractivity contribution in [1.82, 2.24) is 14.6 Å². The molecule has 0 saturated carbocycles. The molecule has 1 atom stereocenters. The van der Waals surface area contributed by atoms with Crippen LogP contribution in [0, 0.1) is 4.77 Å². The molecular weight excluding hydrogens is 436 g/mol.